The van der Waals surface area contributed by atoms with Gasteiger partial charge in [-0.1, -0.05) is 11.8 Å². The Morgan fingerprint density at radius 3 is 2.89 bits per heavy atom. The minimum absolute atomic E-state index is 0.0114. The minimum Gasteiger partial charge on any atom is -0.384 e. The summed E-state index contributed by atoms with van der Waals surface area (Å²) in [6, 6.07) is 1.72. The van der Waals surface area contributed by atoms with Crippen molar-refractivity contribution in [3.63, 3.8) is 0 Å². The number of hydrogen-bond acceptors (Lipinski definition) is 4. The molecular formula is C13H16N2O3S. The van der Waals surface area contributed by atoms with Gasteiger partial charge in [-0.15, -0.1) is 11.3 Å². The van der Waals surface area contributed by atoms with Crippen molar-refractivity contribution in [1.82, 2.24) is 10.2 Å². The first-order chi connectivity index (χ1) is 9.10. The van der Waals surface area contributed by atoms with Crippen molar-refractivity contribution in [1.29, 1.82) is 0 Å². The lowest BCUT2D eigenvalue weighted by Crippen LogP contribution is -2.38. The summed E-state index contributed by atoms with van der Waals surface area (Å²) in [7, 11) is 1.57. The average Bonchev–Trinajstić information content (AvgIpc) is 2.83. The Balaban J connectivity index is 2.77. The van der Waals surface area contributed by atoms with Crippen LogP contribution in [0.15, 0.2) is 11.4 Å². The van der Waals surface area contributed by atoms with Gasteiger partial charge < -0.3 is 15.3 Å². The molecule has 2 N–H and O–H groups in total. The summed E-state index contributed by atoms with van der Waals surface area (Å²) >= 11 is 1.27. The zero-order valence-electron chi connectivity index (χ0n) is 10.9. The first-order valence-corrected chi connectivity index (χ1v) is 6.67. The largest absolute Gasteiger partial charge is 0.384 e. The predicted molar refractivity (Wildman–Crippen MR) is 73.9 cm³/mol. The van der Waals surface area contributed by atoms with Gasteiger partial charge >= 0.3 is 0 Å². The fourth-order valence-corrected chi connectivity index (χ4v) is 2.26. The van der Waals surface area contributed by atoms with E-state index >= 15 is 0 Å². The van der Waals surface area contributed by atoms with Crippen LogP contribution in [0.2, 0.25) is 0 Å². The molecule has 0 saturated carbocycles. The van der Waals surface area contributed by atoms with Gasteiger partial charge in [-0.3, -0.25) is 9.59 Å². The maximum Gasteiger partial charge on any atom is 0.265 e. The topological polar surface area (TPSA) is 69.6 Å². The number of aliphatic hydroxyl groups is 1. The van der Waals surface area contributed by atoms with E-state index in [2.05, 4.69) is 17.2 Å². The maximum absolute atomic E-state index is 12.2. The van der Waals surface area contributed by atoms with Gasteiger partial charge in [0.15, 0.2) is 0 Å². The van der Waals surface area contributed by atoms with E-state index in [-0.39, 0.29) is 25.0 Å². The molecule has 0 aliphatic rings. The number of carbonyl (C=O) groups excluding carboxylic acids is 2. The molecule has 1 aromatic heterocycles. The Bertz CT molecular complexity index is 513. The van der Waals surface area contributed by atoms with Crippen LogP contribution in [-0.2, 0) is 4.79 Å². The molecule has 0 bridgehead atoms. The van der Waals surface area contributed by atoms with Crippen LogP contribution in [0.25, 0.3) is 0 Å². The number of nitrogens with one attached hydrogen (secondary N) is 1. The van der Waals surface area contributed by atoms with Crippen LogP contribution >= 0.6 is 11.3 Å². The van der Waals surface area contributed by atoms with E-state index in [1.165, 1.54) is 16.2 Å². The number of likely N-dealkylation sites (N-methyl/N-ethyl adjacent to an activating group) is 2. The van der Waals surface area contributed by atoms with Gasteiger partial charge in [-0.05, 0) is 18.4 Å². The zero-order valence-corrected chi connectivity index (χ0v) is 11.7. The van der Waals surface area contributed by atoms with Gasteiger partial charge in [0.25, 0.3) is 5.91 Å². The molecule has 1 aromatic rings. The Morgan fingerprint density at radius 2 is 2.26 bits per heavy atom. The lowest BCUT2D eigenvalue weighted by atomic mass is 10.2. The number of hydrogen-bond donors (Lipinski definition) is 2. The van der Waals surface area contributed by atoms with Crippen molar-refractivity contribution in [3.8, 4) is 11.8 Å². The van der Waals surface area contributed by atoms with Crippen molar-refractivity contribution >= 4 is 23.2 Å². The molecule has 1 heterocycles. The Labute approximate surface area is 116 Å². The second kappa shape index (κ2) is 7.56. The molecule has 0 saturated heterocycles. The summed E-state index contributed by atoms with van der Waals surface area (Å²) in [5, 5.41) is 13.1. The molecular weight excluding hydrogens is 264 g/mol. The highest BCUT2D eigenvalue weighted by atomic mass is 32.1. The lowest BCUT2D eigenvalue weighted by Gasteiger charge is -2.15. The highest BCUT2D eigenvalue weighted by molar-refractivity contribution is 7.12. The highest BCUT2D eigenvalue weighted by Gasteiger charge is 2.18. The van der Waals surface area contributed by atoms with Crippen molar-refractivity contribution in [2.24, 2.45) is 0 Å². The highest BCUT2D eigenvalue weighted by Crippen LogP contribution is 2.17. The summed E-state index contributed by atoms with van der Waals surface area (Å²) in [5.74, 6) is 4.78. The SMILES string of the molecule is CCNC(=O)CN(C)C(=O)c1sccc1C#CCO. The lowest BCUT2D eigenvalue weighted by molar-refractivity contribution is -0.121. The molecule has 102 valence electrons. The second-order valence-electron chi connectivity index (χ2n) is 3.74. The maximum atomic E-state index is 12.2. The van der Waals surface area contributed by atoms with Crippen molar-refractivity contribution in [3.05, 3.63) is 21.9 Å². The van der Waals surface area contributed by atoms with Crippen LogP contribution in [0, 0.1) is 11.8 Å². The third-order valence-corrected chi connectivity index (χ3v) is 3.17. The quantitative estimate of drug-likeness (QED) is 0.779. The summed E-state index contributed by atoms with van der Waals surface area (Å²) in [4.78, 5) is 25.4. The van der Waals surface area contributed by atoms with E-state index in [1.807, 2.05) is 6.92 Å². The fourth-order valence-electron chi connectivity index (χ4n) is 1.42. The van der Waals surface area contributed by atoms with Gasteiger partial charge in [0.05, 0.1) is 6.54 Å². The molecule has 0 radical (unpaired) electrons. The smallest absolute Gasteiger partial charge is 0.265 e. The van der Waals surface area contributed by atoms with Gasteiger partial charge in [-0.25, -0.2) is 0 Å². The molecule has 0 spiro atoms. The first-order valence-electron chi connectivity index (χ1n) is 5.79. The molecule has 0 atom stereocenters. The van der Waals surface area contributed by atoms with Gasteiger partial charge in [0, 0.05) is 19.2 Å². The molecule has 1 rings (SSSR count). The summed E-state index contributed by atoms with van der Waals surface area (Å²) < 4.78 is 0. The molecule has 6 heteroatoms. The first kappa shape index (κ1) is 15.2. The number of amides is 2. The average molecular weight is 280 g/mol. The molecule has 0 aromatic carbocycles. The van der Waals surface area contributed by atoms with Crippen molar-refractivity contribution in [2.45, 2.75) is 6.92 Å². The number of nitrogens with zero attached hydrogens (tertiary/aromatic N) is 1. The van der Waals surface area contributed by atoms with Crippen LogP contribution in [0.3, 0.4) is 0 Å². The normalized spacial score (nSPS) is 9.42. The number of aliphatic hydroxyl groups excluding tert-OH is 1. The predicted octanol–water partition coefficient (Wildman–Crippen LogP) is 0.300. The standard InChI is InChI=1S/C13H16N2O3S/c1-3-14-11(17)9-15(2)13(18)12-10(5-4-7-16)6-8-19-12/h6,8,16H,3,7,9H2,1-2H3,(H,14,17). The minimum atomic E-state index is -0.252. The van der Waals surface area contributed by atoms with Crippen molar-refractivity contribution < 1.29 is 14.7 Å². The zero-order chi connectivity index (χ0) is 14.3. The van der Waals surface area contributed by atoms with Gasteiger partial charge in [0.2, 0.25) is 5.91 Å². The van der Waals surface area contributed by atoms with Crippen LogP contribution in [0.1, 0.15) is 22.2 Å². The summed E-state index contributed by atoms with van der Waals surface area (Å²) in [6.45, 7) is 2.12. The van der Waals surface area contributed by atoms with E-state index < -0.39 is 0 Å². The molecule has 0 unspecified atom stereocenters. The summed E-state index contributed by atoms with van der Waals surface area (Å²) in [6.07, 6.45) is 0. The van der Waals surface area contributed by atoms with Crippen molar-refractivity contribution in [2.75, 3.05) is 26.7 Å². The molecule has 0 aliphatic carbocycles. The van der Waals surface area contributed by atoms with E-state index in [0.717, 1.165) is 0 Å². The number of thiophene rings is 1. The summed E-state index contributed by atoms with van der Waals surface area (Å²) in [5.41, 5.74) is 0.576. The fraction of sp³-hybridized carbons (Fsp3) is 0.385. The van der Waals surface area contributed by atoms with E-state index in [9.17, 15) is 9.59 Å². The van der Waals surface area contributed by atoms with Crippen LogP contribution < -0.4 is 5.32 Å². The number of rotatable bonds is 4. The van der Waals surface area contributed by atoms with E-state index in [1.54, 1.807) is 18.5 Å². The Kier molecular flexibility index (Phi) is 6.06. The Morgan fingerprint density at radius 1 is 1.53 bits per heavy atom. The van der Waals surface area contributed by atoms with Crippen LogP contribution in [0.5, 0.6) is 0 Å². The number of carbonyl (C=O) groups is 2. The van der Waals surface area contributed by atoms with Crippen LogP contribution in [-0.4, -0.2) is 48.6 Å². The van der Waals surface area contributed by atoms with Crippen LogP contribution in [0.4, 0.5) is 0 Å². The van der Waals surface area contributed by atoms with Gasteiger partial charge in [0.1, 0.15) is 11.5 Å². The Hall–Kier alpha value is -1.84. The molecule has 0 fully saturated rings. The molecule has 2 amide bonds. The molecule has 19 heavy (non-hydrogen) atoms. The molecule has 5 nitrogen and oxygen atoms in total. The van der Waals surface area contributed by atoms with E-state index in [0.29, 0.717) is 17.0 Å². The molecule has 0 aliphatic heterocycles. The second-order valence-corrected chi connectivity index (χ2v) is 4.65. The monoisotopic (exact) mass is 280 g/mol. The van der Waals surface area contributed by atoms with Gasteiger partial charge in [-0.2, -0.15) is 0 Å². The van der Waals surface area contributed by atoms with E-state index in [4.69, 9.17) is 5.11 Å². The third-order valence-electron chi connectivity index (χ3n) is 2.26. The third kappa shape index (κ3) is 4.39.